The van der Waals surface area contributed by atoms with E-state index < -0.39 is 0 Å². The lowest BCUT2D eigenvalue weighted by Gasteiger charge is -2.26. The van der Waals surface area contributed by atoms with E-state index in [0.717, 1.165) is 28.9 Å². The number of rotatable bonds is 3. The summed E-state index contributed by atoms with van der Waals surface area (Å²) in [5.41, 5.74) is 3.39. The molecule has 0 saturated heterocycles. The first kappa shape index (κ1) is 17.1. The maximum absolute atomic E-state index is 12.9. The van der Waals surface area contributed by atoms with Gasteiger partial charge in [-0.3, -0.25) is 4.79 Å². The van der Waals surface area contributed by atoms with Gasteiger partial charge in [0.15, 0.2) is 5.65 Å². The van der Waals surface area contributed by atoms with Crippen molar-refractivity contribution in [2.75, 3.05) is 5.75 Å². The highest BCUT2D eigenvalue weighted by atomic mass is 32.2. The van der Waals surface area contributed by atoms with Gasteiger partial charge in [0.2, 0.25) is 0 Å². The Bertz CT molecular complexity index is 979. The van der Waals surface area contributed by atoms with Crippen molar-refractivity contribution in [2.24, 2.45) is 0 Å². The Hall–Kier alpha value is -2.34. The fraction of sp³-hybridized carbons (Fsp3) is 0.350. The number of pyridine rings is 1. The lowest BCUT2D eigenvalue weighted by molar-refractivity contribution is 0.0934. The van der Waals surface area contributed by atoms with Gasteiger partial charge in [-0.1, -0.05) is 18.2 Å². The molecule has 2 aromatic heterocycles. The largest absolute Gasteiger partial charge is 0.345 e. The van der Waals surface area contributed by atoms with Crippen LogP contribution in [0.4, 0.5) is 0 Å². The first-order valence-electron chi connectivity index (χ1n) is 8.92. The molecule has 26 heavy (non-hydrogen) atoms. The summed E-state index contributed by atoms with van der Waals surface area (Å²) in [5, 5.41) is 8.51. The standard InChI is InChI=1S/C20H22N4OS/c1-12(2)24-19-14(11-21-24)10-16(13(3)22-19)20(25)23-17-8-9-26-18-7-5-4-6-15(17)18/h4-7,10-12,17H,8-9H2,1-3H3,(H,23,25)/t17-/m1/s1. The topological polar surface area (TPSA) is 59.8 Å². The number of fused-ring (bicyclic) bond motifs is 2. The van der Waals surface area contributed by atoms with Gasteiger partial charge in [0.05, 0.1) is 23.5 Å². The van der Waals surface area contributed by atoms with Crippen LogP contribution >= 0.6 is 11.8 Å². The first-order chi connectivity index (χ1) is 12.5. The Labute approximate surface area is 157 Å². The van der Waals surface area contributed by atoms with E-state index in [0.29, 0.717) is 5.56 Å². The third-order valence-electron chi connectivity index (χ3n) is 4.76. The van der Waals surface area contributed by atoms with Crippen molar-refractivity contribution in [3.8, 4) is 0 Å². The van der Waals surface area contributed by atoms with E-state index in [4.69, 9.17) is 0 Å². The molecule has 1 aliphatic heterocycles. The Morgan fingerprint density at radius 2 is 2.15 bits per heavy atom. The molecule has 0 radical (unpaired) electrons. The molecular weight excluding hydrogens is 344 g/mol. The maximum Gasteiger partial charge on any atom is 0.253 e. The predicted octanol–water partition coefficient (Wildman–Crippen LogP) is 4.29. The predicted molar refractivity (Wildman–Crippen MR) is 105 cm³/mol. The summed E-state index contributed by atoms with van der Waals surface area (Å²) in [6.07, 6.45) is 2.72. The summed E-state index contributed by atoms with van der Waals surface area (Å²) in [6, 6.07) is 10.5. The summed E-state index contributed by atoms with van der Waals surface area (Å²) in [4.78, 5) is 18.9. The Balaban J connectivity index is 1.64. The van der Waals surface area contributed by atoms with Crippen LogP contribution in [0.15, 0.2) is 41.4 Å². The van der Waals surface area contributed by atoms with Gasteiger partial charge in [-0.05, 0) is 44.9 Å². The zero-order valence-corrected chi connectivity index (χ0v) is 16.0. The number of carbonyl (C=O) groups excluding carboxylic acids is 1. The molecule has 0 spiro atoms. The van der Waals surface area contributed by atoms with Crippen LogP contribution in [0.3, 0.4) is 0 Å². The number of aromatic nitrogens is 3. The number of nitrogens with zero attached hydrogens (tertiary/aromatic N) is 3. The van der Waals surface area contributed by atoms with E-state index in [1.165, 1.54) is 10.5 Å². The molecule has 6 heteroatoms. The number of hydrogen-bond donors (Lipinski definition) is 1. The zero-order chi connectivity index (χ0) is 18.3. The van der Waals surface area contributed by atoms with Crippen molar-refractivity contribution in [3.63, 3.8) is 0 Å². The van der Waals surface area contributed by atoms with Crippen LogP contribution in [0.5, 0.6) is 0 Å². The van der Waals surface area contributed by atoms with E-state index >= 15 is 0 Å². The van der Waals surface area contributed by atoms with E-state index in [-0.39, 0.29) is 18.0 Å². The second-order valence-corrected chi connectivity index (χ2v) is 8.05. The molecular formula is C20H22N4OS. The number of thioether (sulfide) groups is 1. The summed E-state index contributed by atoms with van der Waals surface area (Å²) in [6.45, 7) is 6.03. The van der Waals surface area contributed by atoms with Crippen molar-refractivity contribution in [3.05, 3.63) is 53.3 Å². The molecule has 1 atom stereocenters. The highest BCUT2D eigenvalue weighted by molar-refractivity contribution is 7.99. The van der Waals surface area contributed by atoms with Gasteiger partial charge in [0, 0.05) is 22.1 Å². The molecule has 4 rings (SSSR count). The van der Waals surface area contributed by atoms with Gasteiger partial charge >= 0.3 is 0 Å². The second kappa shape index (κ2) is 6.76. The Kier molecular flexibility index (Phi) is 4.44. The number of nitrogens with one attached hydrogen (secondary N) is 1. The molecule has 1 N–H and O–H groups in total. The quantitative estimate of drug-likeness (QED) is 0.751. The van der Waals surface area contributed by atoms with Gasteiger partial charge in [-0.2, -0.15) is 5.10 Å². The van der Waals surface area contributed by atoms with Gasteiger partial charge in [-0.25, -0.2) is 9.67 Å². The van der Waals surface area contributed by atoms with E-state index in [2.05, 4.69) is 41.4 Å². The molecule has 0 aliphatic carbocycles. The first-order valence-corrected chi connectivity index (χ1v) is 9.90. The minimum atomic E-state index is -0.0686. The number of amides is 1. The average Bonchev–Trinajstić information content (AvgIpc) is 3.04. The van der Waals surface area contributed by atoms with Crippen LogP contribution in [-0.4, -0.2) is 26.4 Å². The van der Waals surface area contributed by atoms with Crippen LogP contribution in [0.25, 0.3) is 11.0 Å². The van der Waals surface area contributed by atoms with Crippen LogP contribution in [0, 0.1) is 6.92 Å². The number of carbonyl (C=O) groups is 1. The van der Waals surface area contributed by atoms with Crippen molar-refractivity contribution >= 4 is 28.7 Å². The van der Waals surface area contributed by atoms with Crippen LogP contribution < -0.4 is 5.32 Å². The summed E-state index contributed by atoms with van der Waals surface area (Å²) in [5.74, 6) is 0.945. The minimum Gasteiger partial charge on any atom is -0.345 e. The second-order valence-electron chi connectivity index (χ2n) is 6.92. The third kappa shape index (κ3) is 2.98. The summed E-state index contributed by atoms with van der Waals surface area (Å²) >= 11 is 1.85. The fourth-order valence-corrected chi connectivity index (χ4v) is 4.53. The lowest BCUT2D eigenvalue weighted by Crippen LogP contribution is -2.31. The van der Waals surface area contributed by atoms with Crippen molar-refractivity contribution in [1.82, 2.24) is 20.1 Å². The minimum absolute atomic E-state index is 0.0495. The SMILES string of the molecule is Cc1nc2c(cnn2C(C)C)cc1C(=O)N[C@@H]1CCSc2ccccc21. The van der Waals surface area contributed by atoms with Crippen molar-refractivity contribution in [2.45, 2.75) is 44.2 Å². The van der Waals surface area contributed by atoms with Gasteiger partial charge in [0.25, 0.3) is 5.91 Å². The van der Waals surface area contributed by atoms with Gasteiger partial charge < -0.3 is 5.32 Å². The smallest absolute Gasteiger partial charge is 0.253 e. The molecule has 0 bridgehead atoms. The highest BCUT2D eigenvalue weighted by Crippen LogP contribution is 2.36. The maximum atomic E-state index is 12.9. The van der Waals surface area contributed by atoms with Gasteiger partial charge in [-0.15, -0.1) is 11.8 Å². The molecule has 134 valence electrons. The van der Waals surface area contributed by atoms with E-state index in [9.17, 15) is 4.79 Å². The zero-order valence-electron chi connectivity index (χ0n) is 15.2. The molecule has 1 aromatic carbocycles. The van der Waals surface area contributed by atoms with E-state index in [1.807, 2.05) is 41.6 Å². The average molecular weight is 366 g/mol. The third-order valence-corrected chi connectivity index (χ3v) is 5.88. The lowest BCUT2D eigenvalue weighted by atomic mass is 10.0. The van der Waals surface area contributed by atoms with Crippen LogP contribution in [0.1, 0.15) is 54.0 Å². The Morgan fingerprint density at radius 3 is 2.96 bits per heavy atom. The molecule has 0 fully saturated rings. The normalized spacial score (nSPS) is 16.7. The van der Waals surface area contributed by atoms with Gasteiger partial charge in [0.1, 0.15) is 0 Å². The Morgan fingerprint density at radius 1 is 1.35 bits per heavy atom. The molecule has 0 saturated carbocycles. The number of benzene rings is 1. The molecule has 0 unspecified atom stereocenters. The van der Waals surface area contributed by atoms with Crippen LogP contribution in [0.2, 0.25) is 0 Å². The monoisotopic (exact) mass is 366 g/mol. The van der Waals surface area contributed by atoms with Crippen molar-refractivity contribution in [1.29, 1.82) is 0 Å². The molecule has 5 nitrogen and oxygen atoms in total. The fourth-order valence-electron chi connectivity index (χ4n) is 3.40. The molecule has 3 heterocycles. The molecule has 1 aliphatic rings. The molecule has 3 aromatic rings. The highest BCUT2D eigenvalue weighted by Gasteiger charge is 2.23. The van der Waals surface area contributed by atoms with E-state index in [1.54, 1.807) is 6.20 Å². The summed E-state index contributed by atoms with van der Waals surface area (Å²) in [7, 11) is 0. The van der Waals surface area contributed by atoms with Crippen LogP contribution in [-0.2, 0) is 0 Å². The molecule has 1 amide bonds. The number of aryl methyl sites for hydroxylation is 1. The van der Waals surface area contributed by atoms with Crippen molar-refractivity contribution < 1.29 is 4.79 Å². The number of hydrogen-bond acceptors (Lipinski definition) is 4. The summed E-state index contributed by atoms with van der Waals surface area (Å²) < 4.78 is 1.89.